The first-order valence-electron chi connectivity index (χ1n) is 7.26. The van der Waals surface area contributed by atoms with E-state index < -0.39 is 40.7 Å². The third kappa shape index (κ3) is 4.27. The van der Waals surface area contributed by atoms with Gasteiger partial charge in [-0.3, -0.25) is 4.79 Å². The number of carbonyl (C=O) groups excluding carboxylic acids is 2. The van der Waals surface area contributed by atoms with Gasteiger partial charge >= 0.3 is 5.97 Å². The number of rotatable bonds is 7. The average Bonchev–Trinajstić information content (AvgIpc) is 2.61. The zero-order valence-corrected chi connectivity index (χ0v) is 13.2. The van der Waals surface area contributed by atoms with Crippen molar-refractivity contribution in [2.45, 2.75) is 12.8 Å². The molecule has 0 atom stereocenters. The maximum absolute atomic E-state index is 13.9. The van der Waals surface area contributed by atoms with E-state index in [-0.39, 0.29) is 30.4 Å². The second-order valence-corrected chi connectivity index (χ2v) is 5.08. The van der Waals surface area contributed by atoms with Gasteiger partial charge < -0.3 is 9.47 Å². The summed E-state index contributed by atoms with van der Waals surface area (Å²) in [5.41, 5.74) is 0.0788. The molecule has 4 nitrogen and oxygen atoms in total. The summed E-state index contributed by atoms with van der Waals surface area (Å²) in [5, 5.41) is 0. The predicted octanol–water partition coefficient (Wildman–Crippen LogP) is 3.65. The van der Waals surface area contributed by atoms with Gasteiger partial charge in [0.15, 0.2) is 23.2 Å². The van der Waals surface area contributed by atoms with Crippen LogP contribution in [0, 0.1) is 23.3 Å². The van der Waals surface area contributed by atoms with Crippen LogP contribution in [-0.2, 0) is 22.4 Å². The van der Waals surface area contributed by atoms with Crippen LogP contribution < -0.4 is 9.47 Å². The summed E-state index contributed by atoms with van der Waals surface area (Å²) in [7, 11) is 0. The van der Waals surface area contributed by atoms with Crippen LogP contribution in [0.15, 0.2) is 36.9 Å². The van der Waals surface area contributed by atoms with Crippen molar-refractivity contribution in [1.29, 1.82) is 0 Å². The third-order valence-corrected chi connectivity index (χ3v) is 3.41. The lowest BCUT2D eigenvalue weighted by Gasteiger charge is -2.09. The van der Waals surface area contributed by atoms with Crippen molar-refractivity contribution in [3.05, 3.63) is 71.3 Å². The summed E-state index contributed by atoms with van der Waals surface area (Å²) in [6.45, 7) is 3.08. The van der Waals surface area contributed by atoms with Crippen LogP contribution in [0.3, 0.4) is 0 Å². The van der Waals surface area contributed by atoms with Gasteiger partial charge in [-0.25, -0.2) is 18.0 Å². The molecule has 0 amide bonds. The topological polar surface area (TPSA) is 52.6 Å². The molecule has 0 radical (unpaired) electrons. The fraction of sp³-hybridized carbons (Fsp3) is 0.111. The second-order valence-electron chi connectivity index (χ2n) is 5.08. The highest BCUT2D eigenvalue weighted by molar-refractivity contribution is 5.83. The van der Waals surface area contributed by atoms with Gasteiger partial charge in [-0.15, -0.1) is 0 Å². The normalized spacial score (nSPS) is 10.3. The number of carbonyl (C=O) groups is 2. The van der Waals surface area contributed by atoms with E-state index in [4.69, 9.17) is 0 Å². The quantitative estimate of drug-likeness (QED) is 0.246. The molecule has 8 heteroatoms. The maximum Gasteiger partial charge on any atom is 0.335 e. The maximum atomic E-state index is 13.9. The van der Waals surface area contributed by atoms with E-state index in [2.05, 4.69) is 16.1 Å². The van der Waals surface area contributed by atoms with E-state index in [0.717, 1.165) is 24.3 Å². The van der Waals surface area contributed by atoms with Gasteiger partial charge in [-0.2, -0.15) is 4.39 Å². The summed E-state index contributed by atoms with van der Waals surface area (Å²) < 4.78 is 64.1. The molecule has 0 N–H and O–H groups in total. The van der Waals surface area contributed by atoms with Crippen molar-refractivity contribution in [2.75, 3.05) is 0 Å². The Morgan fingerprint density at radius 2 is 1.69 bits per heavy atom. The fourth-order valence-corrected chi connectivity index (χ4v) is 2.18. The highest BCUT2D eigenvalue weighted by Crippen LogP contribution is 2.26. The number of esters is 1. The SMILES string of the molecule is C=CC(=O)Oc1c(F)cc(CCc2ccc(OC=O)c(F)c2F)cc1F. The standard InChI is InChI=1S/C18H12F4O4/c1-2-15(24)26-18-12(19)7-10(8-13(18)20)3-4-11-5-6-14(25-9-23)17(22)16(11)21/h2,5-9H,1,3-4H2. The number of ether oxygens (including phenoxy) is 2. The van der Waals surface area contributed by atoms with Crippen LogP contribution in [-0.4, -0.2) is 12.4 Å². The lowest BCUT2D eigenvalue weighted by atomic mass is 10.0. The van der Waals surface area contributed by atoms with Gasteiger partial charge in [-0.1, -0.05) is 12.6 Å². The molecule has 0 saturated carbocycles. The first kappa shape index (κ1) is 19.2. The number of hydrogen-bond donors (Lipinski definition) is 0. The smallest absolute Gasteiger partial charge is 0.335 e. The molecular formula is C18H12F4O4. The van der Waals surface area contributed by atoms with Crippen molar-refractivity contribution in [1.82, 2.24) is 0 Å². The Labute approximate surface area is 145 Å². The summed E-state index contributed by atoms with van der Waals surface area (Å²) in [6, 6.07) is 4.12. The van der Waals surface area contributed by atoms with Gasteiger partial charge in [0.1, 0.15) is 0 Å². The van der Waals surface area contributed by atoms with Crippen LogP contribution in [0.4, 0.5) is 17.6 Å². The summed E-state index contributed by atoms with van der Waals surface area (Å²) in [6.07, 6.45) is 0.657. The summed E-state index contributed by atoms with van der Waals surface area (Å²) in [4.78, 5) is 21.2. The minimum absolute atomic E-state index is 0.0201. The molecule has 0 saturated heterocycles. The first-order valence-corrected chi connectivity index (χ1v) is 7.26. The molecule has 0 heterocycles. The Morgan fingerprint density at radius 1 is 1.04 bits per heavy atom. The van der Waals surface area contributed by atoms with Crippen LogP contribution in [0.25, 0.3) is 0 Å². The minimum Gasteiger partial charge on any atom is -0.425 e. The molecule has 26 heavy (non-hydrogen) atoms. The Balaban J connectivity index is 2.17. The van der Waals surface area contributed by atoms with Gasteiger partial charge in [0, 0.05) is 6.08 Å². The first-order chi connectivity index (χ1) is 12.4. The van der Waals surface area contributed by atoms with E-state index >= 15 is 0 Å². The molecule has 0 aliphatic heterocycles. The van der Waals surface area contributed by atoms with Crippen molar-refractivity contribution >= 4 is 12.4 Å². The lowest BCUT2D eigenvalue weighted by Crippen LogP contribution is -2.07. The van der Waals surface area contributed by atoms with Crippen LogP contribution in [0.5, 0.6) is 11.5 Å². The number of benzene rings is 2. The van der Waals surface area contributed by atoms with Crippen molar-refractivity contribution in [3.8, 4) is 11.5 Å². The molecule has 136 valence electrons. The molecule has 2 rings (SSSR count). The van der Waals surface area contributed by atoms with E-state index in [1.165, 1.54) is 6.07 Å². The minimum atomic E-state index is -1.33. The van der Waals surface area contributed by atoms with Gasteiger partial charge in [0.25, 0.3) is 6.47 Å². The number of aryl methyl sites for hydroxylation is 2. The van der Waals surface area contributed by atoms with Gasteiger partial charge in [-0.05, 0) is 42.2 Å². The monoisotopic (exact) mass is 368 g/mol. The van der Waals surface area contributed by atoms with E-state index in [1.54, 1.807) is 0 Å². The highest BCUT2D eigenvalue weighted by atomic mass is 19.2. The van der Waals surface area contributed by atoms with E-state index in [9.17, 15) is 27.2 Å². The Hall–Kier alpha value is -3.16. The van der Waals surface area contributed by atoms with Gasteiger partial charge in [0.05, 0.1) is 0 Å². The molecule has 0 aliphatic rings. The molecule has 0 aliphatic carbocycles. The summed E-state index contributed by atoms with van der Waals surface area (Å²) in [5.74, 6) is -7.24. The molecule has 0 aromatic heterocycles. The van der Waals surface area contributed by atoms with E-state index in [0.29, 0.717) is 0 Å². The number of hydrogen-bond acceptors (Lipinski definition) is 4. The lowest BCUT2D eigenvalue weighted by molar-refractivity contribution is -0.129. The summed E-state index contributed by atoms with van der Waals surface area (Å²) >= 11 is 0. The molecule has 0 spiro atoms. The van der Waals surface area contributed by atoms with Crippen molar-refractivity contribution in [3.63, 3.8) is 0 Å². The Bertz CT molecular complexity index is 842. The van der Waals surface area contributed by atoms with Crippen LogP contribution in [0.1, 0.15) is 11.1 Å². The zero-order valence-electron chi connectivity index (χ0n) is 13.2. The number of halogens is 4. The zero-order chi connectivity index (χ0) is 19.3. The predicted molar refractivity (Wildman–Crippen MR) is 82.6 cm³/mol. The molecule has 0 unspecified atom stereocenters. The third-order valence-electron chi connectivity index (χ3n) is 3.41. The largest absolute Gasteiger partial charge is 0.425 e. The van der Waals surface area contributed by atoms with Crippen LogP contribution in [0.2, 0.25) is 0 Å². The fourth-order valence-electron chi connectivity index (χ4n) is 2.18. The Kier molecular flexibility index (Phi) is 6.11. The molecule has 2 aromatic rings. The van der Waals surface area contributed by atoms with Crippen molar-refractivity contribution in [2.24, 2.45) is 0 Å². The molecule has 0 bridgehead atoms. The Morgan fingerprint density at radius 3 is 2.27 bits per heavy atom. The average molecular weight is 368 g/mol. The van der Waals surface area contributed by atoms with E-state index in [1.807, 2.05) is 0 Å². The van der Waals surface area contributed by atoms with Crippen LogP contribution >= 0.6 is 0 Å². The van der Waals surface area contributed by atoms with Crippen molar-refractivity contribution < 1.29 is 36.6 Å². The molecular weight excluding hydrogens is 356 g/mol. The second kappa shape index (κ2) is 8.28. The molecule has 2 aromatic carbocycles. The van der Waals surface area contributed by atoms with Gasteiger partial charge in [0.2, 0.25) is 11.6 Å². The highest BCUT2D eigenvalue weighted by Gasteiger charge is 2.17. The molecule has 0 fully saturated rings.